The molecule has 0 bridgehead atoms. The molecule has 124 valence electrons. The number of hydrogen-bond acceptors (Lipinski definition) is 4. The lowest BCUT2D eigenvalue weighted by atomic mass is 10.1. The van der Waals surface area contributed by atoms with E-state index in [0.29, 0.717) is 12.3 Å². The molecular weight excluding hydrogens is 310 g/mol. The lowest BCUT2D eigenvalue weighted by Gasteiger charge is -2.18. The summed E-state index contributed by atoms with van der Waals surface area (Å²) >= 11 is 0. The fourth-order valence-electron chi connectivity index (χ4n) is 3.09. The Morgan fingerprint density at radius 3 is 2.65 bits per heavy atom. The lowest BCUT2D eigenvalue weighted by molar-refractivity contribution is 0.538. The van der Waals surface area contributed by atoms with Crippen LogP contribution in [0.25, 0.3) is 5.69 Å². The molecule has 1 N–H and O–H groups in total. The molecule has 2 aromatic rings. The van der Waals surface area contributed by atoms with E-state index in [0.717, 1.165) is 29.9 Å². The second kappa shape index (κ2) is 6.45. The number of aryl methyl sites for hydroxylation is 1. The first kappa shape index (κ1) is 16.2. The van der Waals surface area contributed by atoms with Crippen LogP contribution >= 0.6 is 0 Å². The van der Waals surface area contributed by atoms with Gasteiger partial charge in [-0.25, -0.2) is 13.4 Å². The maximum atomic E-state index is 11.9. The molecule has 6 heteroatoms. The molecule has 0 aliphatic carbocycles. The molecule has 0 amide bonds. The molecule has 1 aliphatic heterocycles. The molecule has 23 heavy (non-hydrogen) atoms. The van der Waals surface area contributed by atoms with E-state index in [2.05, 4.69) is 41.5 Å². The molecule has 2 unspecified atom stereocenters. The number of benzene rings is 1. The van der Waals surface area contributed by atoms with Crippen molar-refractivity contribution in [1.82, 2.24) is 14.9 Å². The van der Waals surface area contributed by atoms with Gasteiger partial charge in [0.15, 0.2) is 9.84 Å². The average molecular weight is 333 g/mol. The summed E-state index contributed by atoms with van der Waals surface area (Å²) in [5, 5.41) is 3.14. The van der Waals surface area contributed by atoms with Crippen molar-refractivity contribution in [2.75, 3.05) is 12.3 Å². The largest absolute Gasteiger partial charge is 0.309 e. The number of sulfone groups is 1. The highest BCUT2D eigenvalue weighted by molar-refractivity contribution is 7.92. The Balaban J connectivity index is 1.64. The SMILES string of the molecule is Cc1nccn1-c1ccc(C(C)NCC2CCCS2(=O)=O)cc1. The summed E-state index contributed by atoms with van der Waals surface area (Å²) in [4.78, 5) is 4.23. The molecule has 1 aromatic carbocycles. The van der Waals surface area contributed by atoms with Gasteiger partial charge in [-0.05, 0) is 44.4 Å². The minimum Gasteiger partial charge on any atom is -0.309 e. The monoisotopic (exact) mass is 333 g/mol. The Morgan fingerprint density at radius 1 is 1.35 bits per heavy atom. The van der Waals surface area contributed by atoms with Gasteiger partial charge >= 0.3 is 0 Å². The highest BCUT2D eigenvalue weighted by Gasteiger charge is 2.31. The molecule has 1 fully saturated rings. The molecule has 3 rings (SSSR count). The van der Waals surface area contributed by atoms with E-state index in [1.165, 1.54) is 0 Å². The van der Waals surface area contributed by atoms with E-state index in [-0.39, 0.29) is 11.3 Å². The maximum absolute atomic E-state index is 11.9. The van der Waals surface area contributed by atoms with Gasteiger partial charge in [0.25, 0.3) is 0 Å². The second-order valence-electron chi connectivity index (χ2n) is 6.20. The van der Waals surface area contributed by atoms with Crippen molar-refractivity contribution in [3.05, 3.63) is 48.0 Å². The maximum Gasteiger partial charge on any atom is 0.154 e. The molecule has 2 heterocycles. The number of nitrogens with zero attached hydrogens (tertiary/aromatic N) is 2. The summed E-state index contributed by atoms with van der Waals surface area (Å²) in [6, 6.07) is 8.41. The van der Waals surface area contributed by atoms with Gasteiger partial charge in [0.2, 0.25) is 0 Å². The minimum atomic E-state index is -2.88. The molecular formula is C17H23N3O2S. The van der Waals surface area contributed by atoms with Crippen LogP contribution in [0.1, 0.15) is 37.2 Å². The van der Waals surface area contributed by atoms with E-state index in [1.54, 1.807) is 6.20 Å². The van der Waals surface area contributed by atoms with Gasteiger partial charge in [-0.3, -0.25) is 0 Å². The third-order valence-electron chi connectivity index (χ3n) is 4.61. The van der Waals surface area contributed by atoms with E-state index in [9.17, 15) is 8.42 Å². The fourth-order valence-corrected chi connectivity index (χ4v) is 4.87. The number of nitrogens with one attached hydrogen (secondary N) is 1. The Morgan fingerprint density at radius 2 is 2.09 bits per heavy atom. The van der Waals surface area contributed by atoms with Crippen molar-refractivity contribution in [2.24, 2.45) is 0 Å². The Labute approximate surface area is 137 Å². The van der Waals surface area contributed by atoms with Crippen molar-refractivity contribution in [3.63, 3.8) is 0 Å². The minimum absolute atomic E-state index is 0.128. The number of rotatable bonds is 5. The molecule has 0 radical (unpaired) electrons. The number of imidazole rings is 1. The summed E-state index contributed by atoms with van der Waals surface area (Å²) in [6.45, 7) is 4.57. The normalized spacial score (nSPS) is 21.4. The molecule has 0 spiro atoms. The van der Waals surface area contributed by atoms with Crippen LogP contribution in [0.3, 0.4) is 0 Å². The third kappa shape index (κ3) is 3.48. The van der Waals surface area contributed by atoms with Crippen molar-refractivity contribution in [2.45, 2.75) is 38.0 Å². The Bertz CT molecular complexity index is 765. The van der Waals surface area contributed by atoms with Crippen molar-refractivity contribution in [3.8, 4) is 5.69 Å². The number of hydrogen-bond donors (Lipinski definition) is 1. The van der Waals surface area contributed by atoms with Crippen LogP contribution in [0.15, 0.2) is 36.7 Å². The zero-order valence-corrected chi connectivity index (χ0v) is 14.4. The van der Waals surface area contributed by atoms with Crippen LogP contribution in [-0.2, 0) is 9.84 Å². The summed E-state index contributed by atoms with van der Waals surface area (Å²) < 4.78 is 25.8. The van der Waals surface area contributed by atoms with Crippen LogP contribution < -0.4 is 5.32 Å². The Hall–Kier alpha value is -1.66. The predicted molar refractivity (Wildman–Crippen MR) is 91.5 cm³/mol. The predicted octanol–water partition coefficient (Wildman–Crippen LogP) is 2.41. The summed E-state index contributed by atoms with van der Waals surface area (Å²) in [5.74, 6) is 1.29. The van der Waals surface area contributed by atoms with E-state index in [1.807, 2.05) is 17.7 Å². The second-order valence-corrected chi connectivity index (χ2v) is 8.60. The van der Waals surface area contributed by atoms with Gasteiger partial charge in [0, 0.05) is 30.7 Å². The van der Waals surface area contributed by atoms with Crippen molar-refractivity contribution in [1.29, 1.82) is 0 Å². The summed E-state index contributed by atoms with van der Waals surface area (Å²) in [5.41, 5.74) is 2.23. The quantitative estimate of drug-likeness (QED) is 0.913. The number of aromatic nitrogens is 2. The van der Waals surface area contributed by atoms with Gasteiger partial charge in [-0.2, -0.15) is 0 Å². The van der Waals surface area contributed by atoms with Crippen LogP contribution in [0, 0.1) is 6.92 Å². The smallest absolute Gasteiger partial charge is 0.154 e. The van der Waals surface area contributed by atoms with Gasteiger partial charge in [0.05, 0.1) is 11.0 Å². The first-order chi connectivity index (χ1) is 11.0. The van der Waals surface area contributed by atoms with Gasteiger partial charge in [-0.15, -0.1) is 0 Å². The standard InChI is InChI=1S/C17H23N3O2S/c1-13(19-12-17-4-3-11-23(17,21)22)15-5-7-16(8-6-15)20-10-9-18-14(20)2/h5-10,13,17,19H,3-4,11-12H2,1-2H3. The van der Waals surface area contributed by atoms with Crippen LogP contribution in [0.4, 0.5) is 0 Å². The van der Waals surface area contributed by atoms with Gasteiger partial charge < -0.3 is 9.88 Å². The highest BCUT2D eigenvalue weighted by Crippen LogP contribution is 2.21. The highest BCUT2D eigenvalue weighted by atomic mass is 32.2. The van der Waals surface area contributed by atoms with Gasteiger partial charge in [0.1, 0.15) is 5.82 Å². The lowest BCUT2D eigenvalue weighted by Crippen LogP contribution is -2.32. The molecule has 0 saturated carbocycles. The zero-order valence-electron chi connectivity index (χ0n) is 13.6. The summed E-state index contributed by atoms with van der Waals surface area (Å²) in [6.07, 6.45) is 5.30. The van der Waals surface area contributed by atoms with E-state index < -0.39 is 9.84 Å². The van der Waals surface area contributed by atoms with E-state index in [4.69, 9.17) is 0 Å². The third-order valence-corrected chi connectivity index (χ3v) is 6.89. The summed E-state index contributed by atoms with van der Waals surface area (Å²) in [7, 11) is -2.88. The molecule has 1 aliphatic rings. The van der Waals surface area contributed by atoms with Crippen molar-refractivity contribution >= 4 is 9.84 Å². The van der Waals surface area contributed by atoms with Gasteiger partial charge in [-0.1, -0.05) is 12.1 Å². The first-order valence-corrected chi connectivity index (χ1v) is 9.74. The Kier molecular flexibility index (Phi) is 4.55. The molecule has 2 atom stereocenters. The molecule has 5 nitrogen and oxygen atoms in total. The van der Waals surface area contributed by atoms with Crippen LogP contribution in [-0.4, -0.2) is 35.5 Å². The molecule has 1 aromatic heterocycles. The molecule has 1 saturated heterocycles. The fraction of sp³-hybridized carbons (Fsp3) is 0.471. The topological polar surface area (TPSA) is 64.0 Å². The van der Waals surface area contributed by atoms with Crippen molar-refractivity contribution < 1.29 is 8.42 Å². The van der Waals surface area contributed by atoms with E-state index >= 15 is 0 Å². The first-order valence-electron chi connectivity index (χ1n) is 8.02. The van der Waals surface area contributed by atoms with Crippen LogP contribution in [0.2, 0.25) is 0 Å². The average Bonchev–Trinajstić information content (AvgIpc) is 3.10. The zero-order chi connectivity index (χ0) is 16.4. The van der Waals surface area contributed by atoms with Crippen LogP contribution in [0.5, 0.6) is 0 Å².